The van der Waals surface area contributed by atoms with Crippen LogP contribution in [0.3, 0.4) is 0 Å². The number of carbonyl (C=O) groups excluding carboxylic acids is 2. The van der Waals surface area contributed by atoms with E-state index in [1.165, 1.54) is 18.9 Å². The van der Waals surface area contributed by atoms with Crippen molar-refractivity contribution in [3.05, 3.63) is 48.5 Å². The van der Waals surface area contributed by atoms with Gasteiger partial charge in [0.15, 0.2) is 23.2 Å². The van der Waals surface area contributed by atoms with E-state index in [1.54, 1.807) is 49.5 Å². The molecule has 0 radical (unpaired) electrons. The highest BCUT2D eigenvalue weighted by Crippen LogP contribution is 2.25. The number of methoxy groups -OCH3 is 1. The largest absolute Gasteiger partial charge is 0.493 e. The summed E-state index contributed by atoms with van der Waals surface area (Å²) in [6.45, 7) is 1.29. The molecule has 7 nitrogen and oxygen atoms in total. The Labute approximate surface area is 163 Å². The Morgan fingerprint density at radius 3 is 2.30 bits per heavy atom. The van der Waals surface area contributed by atoms with E-state index in [0.29, 0.717) is 17.2 Å². The lowest BCUT2D eigenvalue weighted by atomic mass is 10.2. The Bertz CT molecular complexity index is 824. The summed E-state index contributed by atoms with van der Waals surface area (Å²) in [4.78, 5) is 24.9. The quantitative estimate of drug-likeness (QED) is 0.742. The van der Waals surface area contributed by atoms with E-state index in [9.17, 15) is 9.59 Å². The highest BCUT2D eigenvalue weighted by molar-refractivity contribution is 7.80. The number of nitrogens with one attached hydrogen (secondary N) is 2. The average molecular weight is 387 g/mol. The maximum atomic E-state index is 12.0. The summed E-state index contributed by atoms with van der Waals surface area (Å²) in [5.41, 5.74) is 1.44. The SMILES string of the molecule is COc1ccccc1OCC(=O)NC(=S)Nc1ccc(N(C)C(C)=O)cc1. The predicted molar refractivity (Wildman–Crippen MR) is 108 cm³/mol. The van der Waals surface area contributed by atoms with E-state index in [-0.39, 0.29) is 17.6 Å². The number of para-hydroxylation sites is 2. The first-order valence-corrected chi connectivity index (χ1v) is 8.52. The fraction of sp³-hybridized carbons (Fsp3) is 0.211. The van der Waals surface area contributed by atoms with Crippen molar-refractivity contribution >= 4 is 40.5 Å². The molecule has 0 spiro atoms. The smallest absolute Gasteiger partial charge is 0.264 e. The Hall–Kier alpha value is -3.13. The van der Waals surface area contributed by atoms with Gasteiger partial charge in [-0.15, -0.1) is 0 Å². The van der Waals surface area contributed by atoms with Crippen LogP contribution in [0.4, 0.5) is 11.4 Å². The molecule has 0 aliphatic heterocycles. The molecule has 0 atom stereocenters. The monoisotopic (exact) mass is 387 g/mol. The number of amides is 2. The van der Waals surface area contributed by atoms with Gasteiger partial charge in [-0.25, -0.2) is 0 Å². The Balaban J connectivity index is 1.84. The van der Waals surface area contributed by atoms with Crippen LogP contribution in [0, 0.1) is 0 Å². The number of benzene rings is 2. The minimum atomic E-state index is -0.397. The molecule has 0 aromatic heterocycles. The van der Waals surface area contributed by atoms with E-state index >= 15 is 0 Å². The molecular weight excluding hydrogens is 366 g/mol. The van der Waals surface area contributed by atoms with Crippen LogP contribution in [0.25, 0.3) is 0 Å². The summed E-state index contributed by atoms with van der Waals surface area (Å²) in [5, 5.41) is 5.60. The zero-order chi connectivity index (χ0) is 19.8. The van der Waals surface area contributed by atoms with Crippen LogP contribution in [0.5, 0.6) is 11.5 Å². The van der Waals surface area contributed by atoms with Gasteiger partial charge in [-0.3, -0.25) is 14.9 Å². The molecule has 2 aromatic rings. The van der Waals surface area contributed by atoms with Gasteiger partial charge in [0.2, 0.25) is 5.91 Å². The molecule has 0 saturated carbocycles. The van der Waals surface area contributed by atoms with Crippen molar-refractivity contribution in [3.63, 3.8) is 0 Å². The third kappa shape index (κ3) is 5.96. The molecule has 2 amide bonds. The second-order valence-electron chi connectivity index (χ2n) is 5.57. The van der Waals surface area contributed by atoms with Crippen molar-refractivity contribution in [2.45, 2.75) is 6.92 Å². The van der Waals surface area contributed by atoms with Crippen LogP contribution >= 0.6 is 12.2 Å². The van der Waals surface area contributed by atoms with Gasteiger partial charge >= 0.3 is 0 Å². The van der Waals surface area contributed by atoms with Gasteiger partial charge in [-0.05, 0) is 48.6 Å². The molecular formula is C19H21N3O4S. The van der Waals surface area contributed by atoms with Crippen LogP contribution in [0.15, 0.2) is 48.5 Å². The number of carbonyl (C=O) groups is 2. The Kier molecular flexibility index (Phi) is 7.13. The standard InChI is InChI=1S/C19H21N3O4S/c1-13(23)22(2)15-10-8-14(9-11-15)20-19(27)21-18(24)12-26-17-7-5-4-6-16(17)25-3/h4-11H,12H2,1-3H3,(H2,20,21,24,27). The normalized spacial score (nSPS) is 9.89. The lowest BCUT2D eigenvalue weighted by molar-refractivity contribution is -0.121. The van der Waals surface area contributed by atoms with E-state index < -0.39 is 5.91 Å². The lowest BCUT2D eigenvalue weighted by Crippen LogP contribution is -2.37. The molecule has 0 fully saturated rings. The highest BCUT2D eigenvalue weighted by atomic mass is 32.1. The van der Waals surface area contributed by atoms with Crippen molar-refractivity contribution in [2.75, 3.05) is 31.0 Å². The van der Waals surface area contributed by atoms with E-state index in [4.69, 9.17) is 21.7 Å². The molecule has 0 heterocycles. The number of anilines is 2. The van der Waals surface area contributed by atoms with Crippen molar-refractivity contribution in [2.24, 2.45) is 0 Å². The molecule has 0 bridgehead atoms. The molecule has 0 saturated heterocycles. The molecule has 27 heavy (non-hydrogen) atoms. The highest BCUT2D eigenvalue weighted by Gasteiger charge is 2.09. The van der Waals surface area contributed by atoms with Crippen LogP contribution < -0.4 is 25.0 Å². The summed E-state index contributed by atoms with van der Waals surface area (Å²) in [7, 11) is 3.22. The maximum Gasteiger partial charge on any atom is 0.264 e. The third-order valence-corrected chi connectivity index (χ3v) is 3.87. The molecule has 2 N–H and O–H groups in total. The van der Waals surface area contributed by atoms with Crippen molar-refractivity contribution in [1.82, 2.24) is 5.32 Å². The minimum Gasteiger partial charge on any atom is -0.493 e. The van der Waals surface area contributed by atoms with E-state index in [2.05, 4.69) is 10.6 Å². The second kappa shape index (κ2) is 9.54. The Morgan fingerprint density at radius 1 is 1.07 bits per heavy atom. The van der Waals surface area contributed by atoms with E-state index in [1.807, 2.05) is 6.07 Å². The van der Waals surface area contributed by atoms with Gasteiger partial charge in [0.05, 0.1) is 7.11 Å². The summed E-state index contributed by atoms with van der Waals surface area (Å²) in [6.07, 6.45) is 0. The summed E-state index contributed by atoms with van der Waals surface area (Å²) < 4.78 is 10.6. The predicted octanol–water partition coefficient (Wildman–Crippen LogP) is 2.57. The first kappa shape index (κ1) is 20.2. The van der Waals surface area contributed by atoms with Crippen molar-refractivity contribution in [1.29, 1.82) is 0 Å². The van der Waals surface area contributed by atoms with E-state index in [0.717, 1.165) is 5.69 Å². The number of rotatable bonds is 6. The zero-order valence-corrected chi connectivity index (χ0v) is 16.1. The van der Waals surface area contributed by atoms with Gasteiger partial charge in [-0.2, -0.15) is 0 Å². The first-order chi connectivity index (χ1) is 12.9. The molecule has 0 aliphatic rings. The topological polar surface area (TPSA) is 79.9 Å². The molecule has 2 aromatic carbocycles. The van der Waals surface area contributed by atoms with Gasteiger partial charge in [0.1, 0.15) is 0 Å². The van der Waals surface area contributed by atoms with Crippen LogP contribution in [0.2, 0.25) is 0 Å². The number of hydrogen-bond acceptors (Lipinski definition) is 5. The molecule has 142 valence electrons. The van der Waals surface area contributed by atoms with Crippen LogP contribution in [0.1, 0.15) is 6.92 Å². The number of nitrogens with zero attached hydrogens (tertiary/aromatic N) is 1. The van der Waals surface area contributed by atoms with Gasteiger partial charge in [0.25, 0.3) is 5.91 Å². The van der Waals surface area contributed by atoms with Crippen molar-refractivity contribution in [3.8, 4) is 11.5 Å². The fourth-order valence-electron chi connectivity index (χ4n) is 2.16. The Morgan fingerprint density at radius 2 is 1.70 bits per heavy atom. The molecule has 0 aliphatic carbocycles. The van der Waals surface area contributed by atoms with Gasteiger partial charge in [-0.1, -0.05) is 12.1 Å². The average Bonchev–Trinajstić information content (AvgIpc) is 2.66. The molecule has 8 heteroatoms. The number of ether oxygens (including phenoxy) is 2. The first-order valence-electron chi connectivity index (χ1n) is 8.11. The number of hydrogen-bond donors (Lipinski definition) is 2. The molecule has 0 unspecified atom stereocenters. The maximum absolute atomic E-state index is 12.0. The lowest BCUT2D eigenvalue weighted by Gasteiger charge is -2.16. The fourth-order valence-corrected chi connectivity index (χ4v) is 2.39. The zero-order valence-electron chi connectivity index (χ0n) is 15.3. The third-order valence-electron chi connectivity index (χ3n) is 3.67. The minimum absolute atomic E-state index is 0.0615. The summed E-state index contributed by atoms with van der Waals surface area (Å²) in [6, 6.07) is 14.1. The van der Waals surface area contributed by atoms with Gasteiger partial charge < -0.3 is 19.7 Å². The summed E-state index contributed by atoms with van der Waals surface area (Å²) >= 11 is 5.13. The van der Waals surface area contributed by atoms with Gasteiger partial charge in [0, 0.05) is 25.3 Å². The molecule has 2 rings (SSSR count). The van der Waals surface area contributed by atoms with Crippen molar-refractivity contribution < 1.29 is 19.1 Å². The summed E-state index contributed by atoms with van der Waals surface area (Å²) in [5.74, 6) is 0.556. The second-order valence-corrected chi connectivity index (χ2v) is 5.97. The van der Waals surface area contributed by atoms with Crippen LogP contribution in [-0.4, -0.2) is 37.7 Å². The number of thiocarbonyl (C=S) groups is 1. The van der Waals surface area contributed by atoms with Crippen LogP contribution in [-0.2, 0) is 9.59 Å².